The van der Waals surface area contributed by atoms with Gasteiger partial charge in [-0.05, 0) is 30.7 Å². The lowest BCUT2D eigenvalue weighted by molar-refractivity contribution is 0.0374. The van der Waals surface area contributed by atoms with Crippen molar-refractivity contribution in [3.8, 4) is 0 Å². The molecule has 0 saturated carbocycles. The van der Waals surface area contributed by atoms with Crippen LogP contribution in [0.1, 0.15) is 22.3 Å². The number of carbonyl (C=O) groups is 1. The van der Waals surface area contributed by atoms with E-state index in [2.05, 4.69) is 25.1 Å². The summed E-state index contributed by atoms with van der Waals surface area (Å²) in [6.07, 6.45) is 0.937. The third-order valence-corrected chi connectivity index (χ3v) is 6.73. The number of rotatable bonds is 9. The Morgan fingerprint density at radius 2 is 1.73 bits per heavy atom. The second-order valence-electron chi connectivity index (χ2n) is 7.98. The number of benzene rings is 1. The molecule has 10 heteroatoms. The maximum Gasteiger partial charge on any atom is 0.251 e. The van der Waals surface area contributed by atoms with Crippen LogP contribution >= 0.6 is 23.4 Å². The first kappa shape index (κ1) is 24.2. The molecule has 8 nitrogen and oxygen atoms in total. The Kier molecular flexibility index (Phi) is 9.19. The third kappa shape index (κ3) is 7.55. The number of ether oxygens (including phenoxy) is 2. The summed E-state index contributed by atoms with van der Waals surface area (Å²) < 4.78 is 10.8. The smallest absolute Gasteiger partial charge is 0.251 e. The summed E-state index contributed by atoms with van der Waals surface area (Å²) in [4.78, 5) is 26.0. The van der Waals surface area contributed by atoms with Gasteiger partial charge in [-0.15, -0.1) is 0 Å². The van der Waals surface area contributed by atoms with Crippen LogP contribution in [0.15, 0.2) is 35.5 Å². The summed E-state index contributed by atoms with van der Waals surface area (Å²) in [7, 11) is 0. The Labute approximate surface area is 204 Å². The zero-order valence-electron chi connectivity index (χ0n) is 18.7. The lowest BCUT2D eigenvalue weighted by Gasteiger charge is -2.27. The Balaban J connectivity index is 1.23. The quantitative estimate of drug-likeness (QED) is 0.248. The van der Waals surface area contributed by atoms with Crippen LogP contribution in [0.5, 0.6) is 0 Å². The highest BCUT2D eigenvalue weighted by molar-refractivity contribution is 7.98. The van der Waals surface area contributed by atoms with Gasteiger partial charge in [0.15, 0.2) is 5.16 Å². The molecule has 4 rings (SSSR count). The SMILES string of the molecule is O=C(NCCCN1CCOCC1)c1ccc(CSc2nc(Cl)cc(N3CCOCC3)n2)cc1. The number of carbonyl (C=O) groups excluding carboxylic acids is 1. The molecule has 2 aliphatic rings. The van der Waals surface area contributed by atoms with E-state index in [1.807, 2.05) is 24.3 Å². The van der Waals surface area contributed by atoms with Gasteiger partial charge in [-0.25, -0.2) is 9.97 Å². The van der Waals surface area contributed by atoms with E-state index in [-0.39, 0.29) is 5.91 Å². The number of morpholine rings is 2. The molecule has 2 saturated heterocycles. The van der Waals surface area contributed by atoms with Crippen molar-refractivity contribution in [2.24, 2.45) is 0 Å². The number of anilines is 1. The van der Waals surface area contributed by atoms with Gasteiger partial charge < -0.3 is 19.7 Å². The molecule has 0 spiro atoms. The van der Waals surface area contributed by atoms with Gasteiger partial charge in [0.2, 0.25) is 0 Å². The minimum absolute atomic E-state index is 0.0375. The van der Waals surface area contributed by atoms with Gasteiger partial charge in [0, 0.05) is 50.1 Å². The fourth-order valence-electron chi connectivity index (χ4n) is 3.74. The van der Waals surface area contributed by atoms with Crippen molar-refractivity contribution in [1.29, 1.82) is 0 Å². The molecule has 2 fully saturated rings. The Morgan fingerprint density at radius 3 is 2.45 bits per heavy atom. The summed E-state index contributed by atoms with van der Waals surface area (Å²) in [5.74, 6) is 1.50. The first-order valence-corrected chi connectivity index (χ1v) is 12.7. The molecule has 1 aromatic heterocycles. The minimum Gasteiger partial charge on any atom is -0.379 e. The maximum absolute atomic E-state index is 12.4. The average Bonchev–Trinajstić information content (AvgIpc) is 2.86. The predicted octanol–water partition coefficient (Wildman–Crippen LogP) is 2.71. The molecule has 2 aliphatic heterocycles. The Morgan fingerprint density at radius 1 is 1.03 bits per heavy atom. The predicted molar refractivity (Wildman–Crippen MR) is 130 cm³/mol. The van der Waals surface area contributed by atoms with E-state index in [9.17, 15) is 4.79 Å². The van der Waals surface area contributed by atoms with E-state index in [0.717, 1.165) is 63.7 Å². The fraction of sp³-hybridized carbons (Fsp3) is 0.522. The zero-order valence-corrected chi connectivity index (χ0v) is 20.2. The number of nitrogens with one attached hydrogen (secondary N) is 1. The van der Waals surface area contributed by atoms with Gasteiger partial charge in [-0.1, -0.05) is 35.5 Å². The van der Waals surface area contributed by atoms with Crippen LogP contribution < -0.4 is 10.2 Å². The summed E-state index contributed by atoms with van der Waals surface area (Å²) in [5, 5.41) is 4.09. The molecule has 0 unspecified atom stereocenters. The van der Waals surface area contributed by atoms with Crippen molar-refractivity contribution in [3.05, 3.63) is 46.6 Å². The van der Waals surface area contributed by atoms with Crippen LogP contribution in [0.3, 0.4) is 0 Å². The molecule has 3 heterocycles. The molecular weight excluding hydrogens is 462 g/mol. The average molecular weight is 492 g/mol. The monoisotopic (exact) mass is 491 g/mol. The fourth-order valence-corrected chi connectivity index (χ4v) is 4.77. The summed E-state index contributed by atoms with van der Waals surface area (Å²) >= 11 is 7.76. The van der Waals surface area contributed by atoms with Crippen LogP contribution in [-0.2, 0) is 15.2 Å². The molecular formula is C23H30ClN5O3S. The summed E-state index contributed by atoms with van der Waals surface area (Å²) in [5.41, 5.74) is 1.77. The van der Waals surface area contributed by atoms with E-state index >= 15 is 0 Å². The number of hydrogen-bond acceptors (Lipinski definition) is 8. The molecule has 1 aromatic carbocycles. The minimum atomic E-state index is -0.0375. The molecule has 1 N–H and O–H groups in total. The lowest BCUT2D eigenvalue weighted by Crippen LogP contribution is -2.38. The number of hydrogen-bond donors (Lipinski definition) is 1. The van der Waals surface area contributed by atoms with Crippen molar-refractivity contribution in [2.45, 2.75) is 17.3 Å². The van der Waals surface area contributed by atoms with E-state index in [1.165, 1.54) is 11.8 Å². The number of amides is 1. The van der Waals surface area contributed by atoms with Crippen molar-refractivity contribution >= 4 is 35.1 Å². The standard InChI is InChI=1S/C23H30ClN5O3S/c24-20-16-21(29-10-14-32-15-11-29)27-23(26-20)33-17-18-2-4-19(5-3-18)22(30)25-6-1-7-28-8-12-31-13-9-28/h2-5,16H,1,6-15,17H2,(H,25,30). The highest BCUT2D eigenvalue weighted by Gasteiger charge is 2.15. The van der Waals surface area contributed by atoms with E-state index < -0.39 is 0 Å². The van der Waals surface area contributed by atoms with Crippen molar-refractivity contribution in [3.63, 3.8) is 0 Å². The van der Waals surface area contributed by atoms with Crippen LogP contribution in [0.25, 0.3) is 0 Å². The van der Waals surface area contributed by atoms with Gasteiger partial charge >= 0.3 is 0 Å². The van der Waals surface area contributed by atoms with E-state index in [0.29, 0.717) is 41.4 Å². The number of nitrogens with zero attached hydrogens (tertiary/aromatic N) is 4. The van der Waals surface area contributed by atoms with E-state index in [4.69, 9.17) is 21.1 Å². The third-order valence-electron chi connectivity index (χ3n) is 5.62. The summed E-state index contributed by atoms with van der Waals surface area (Å²) in [6, 6.07) is 9.48. The first-order valence-electron chi connectivity index (χ1n) is 11.3. The highest BCUT2D eigenvalue weighted by Crippen LogP contribution is 2.25. The number of aromatic nitrogens is 2. The van der Waals surface area contributed by atoms with E-state index in [1.54, 1.807) is 6.07 Å². The molecule has 33 heavy (non-hydrogen) atoms. The van der Waals surface area contributed by atoms with Crippen molar-refractivity contribution in [2.75, 3.05) is 70.6 Å². The molecule has 0 bridgehead atoms. The first-order chi connectivity index (χ1) is 16.2. The van der Waals surface area contributed by atoms with Gasteiger partial charge in [0.25, 0.3) is 5.91 Å². The molecule has 0 radical (unpaired) electrons. The van der Waals surface area contributed by atoms with Crippen molar-refractivity contribution in [1.82, 2.24) is 20.2 Å². The maximum atomic E-state index is 12.4. The Hall–Kier alpha value is -1.91. The van der Waals surface area contributed by atoms with Crippen LogP contribution in [0.4, 0.5) is 5.82 Å². The van der Waals surface area contributed by atoms with Gasteiger partial charge in [0.05, 0.1) is 26.4 Å². The highest BCUT2D eigenvalue weighted by atomic mass is 35.5. The number of halogens is 1. The van der Waals surface area contributed by atoms with Gasteiger partial charge in [-0.3, -0.25) is 9.69 Å². The molecule has 0 aliphatic carbocycles. The van der Waals surface area contributed by atoms with Crippen LogP contribution in [0.2, 0.25) is 5.15 Å². The van der Waals surface area contributed by atoms with Gasteiger partial charge in [-0.2, -0.15) is 0 Å². The zero-order chi connectivity index (χ0) is 22.9. The van der Waals surface area contributed by atoms with Crippen LogP contribution in [0, 0.1) is 0 Å². The molecule has 0 atom stereocenters. The van der Waals surface area contributed by atoms with Crippen LogP contribution in [-0.4, -0.2) is 86.5 Å². The van der Waals surface area contributed by atoms with Crippen molar-refractivity contribution < 1.29 is 14.3 Å². The topological polar surface area (TPSA) is 79.8 Å². The number of thioether (sulfide) groups is 1. The Bertz CT molecular complexity index is 905. The summed E-state index contributed by atoms with van der Waals surface area (Å²) in [6.45, 7) is 8.19. The molecule has 1 amide bonds. The second-order valence-corrected chi connectivity index (χ2v) is 9.31. The molecule has 2 aromatic rings. The molecule has 178 valence electrons. The lowest BCUT2D eigenvalue weighted by atomic mass is 10.1. The largest absolute Gasteiger partial charge is 0.379 e. The van der Waals surface area contributed by atoms with Gasteiger partial charge in [0.1, 0.15) is 11.0 Å². The normalized spacial score (nSPS) is 17.2. The second kappa shape index (κ2) is 12.5.